The summed E-state index contributed by atoms with van der Waals surface area (Å²) in [6.45, 7) is -0.258. The van der Waals surface area contributed by atoms with Crippen LogP contribution in [0.1, 0.15) is 11.4 Å². The Hall–Kier alpha value is -2.55. The van der Waals surface area contributed by atoms with Crippen LogP contribution in [-0.2, 0) is 6.61 Å². The quantitative estimate of drug-likeness (QED) is 0.712. The summed E-state index contributed by atoms with van der Waals surface area (Å²) in [4.78, 5) is 4.35. The van der Waals surface area contributed by atoms with E-state index in [-0.39, 0.29) is 6.61 Å². The number of rotatable bonds is 2. The molecule has 6 heteroatoms. The number of aromatic nitrogens is 2. The number of aliphatic hydroxyl groups is 1. The second-order valence-corrected chi connectivity index (χ2v) is 4.98. The maximum atomic E-state index is 9.55. The molecule has 104 valence electrons. The van der Waals surface area contributed by atoms with Gasteiger partial charge in [0, 0.05) is 10.7 Å². The topological polar surface area (TPSA) is 87.9 Å². The number of nitriles is 1. The summed E-state index contributed by atoms with van der Waals surface area (Å²) in [5.41, 5.74) is 8.79. The van der Waals surface area contributed by atoms with Gasteiger partial charge in [0.05, 0.1) is 22.3 Å². The summed E-state index contributed by atoms with van der Waals surface area (Å²) in [5.74, 6) is 0.425. The van der Waals surface area contributed by atoms with Crippen molar-refractivity contribution in [2.75, 3.05) is 5.73 Å². The summed E-state index contributed by atoms with van der Waals surface area (Å²) in [6, 6.07) is 12.4. The molecular weight excluding hydrogens is 288 g/mol. The highest BCUT2D eigenvalue weighted by Gasteiger charge is 2.15. The smallest absolute Gasteiger partial charge is 0.140 e. The number of anilines is 1. The number of aliphatic hydroxyl groups excluding tert-OH is 1. The van der Waals surface area contributed by atoms with Gasteiger partial charge >= 0.3 is 0 Å². The molecule has 3 aromatic rings. The first-order valence-electron chi connectivity index (χ1n) is 6.22. The summed E-state index contributed by atoms with van der Waals surface area (Å²) in [6.07, 6.45) is 0. The van der Waals surface area contributed by atoms with Crippen LogP contribution in [0.3, 0.4) is 0 Å². The van der Waals surface area contributed by atoms with Crippen molar-refractivity contribution in [3.63, 3.8) is 0 Å². The van der Waals surface area contributed by atoms with Crippen LogP contribution in [0.2, 0.25) is 5.02 Å². The van der Waals surface area contributed by atoms with E-state index in [0.29, 0.717) is 33.3 Å². The van der Waals surface area contributed by atoms with Crippen LogP contribution in [0.4, 0.5) is 5.69 Å². The lowest BCUT2D eigenvalue weighted by Crippen LogP contribution is -2.03. The van der Waals surface area contributed by atoms with E-state index in [2.05, 4.69) is 11.1 Å². The van der Waals surface area contributed by atoms with Gasteiger partial charge in [-0.3, -0.25) is 4.57 Å². The van der Waals surface area contributed by atoms with Crippen LogP contribution in [-0.4, -0.2) is 14.7 Å². The van der Waals surface area contributed by atoms with Crippen molar-refractivity contribution in [2.24, 2.45) is 0 Å². The summed E-state index contributed by atoms with van der Waals surface area (Å²) in [5, 5.41) is 19.3. The molecule has 0 aliphatic heterocycles. The molecule has 2 aromatic carbocycles. The molecule has 1 heterocycles. The lowest BCUT2D eigenvalue weighted by atomic mass is 10.2. The first-order chi connectivity index (χ1) is 10.1. The van der Waals surface area contributed by atoms with Crippen LogP contribution in [0.15, 0.2) is 36.4 Å². The Kier molecular flexibility index (Phi) is 3.26. The maximum absolute atomic E-state index is 9.55. The van der Waals surface area contributed by atoms with Crippen molar-refractivity contribution < 1.29 is 5.11 Å². The molecule has 1 aromatic heterocycles. The third-order valence-electron chi connectivity index (χ3n) is 3.21. The molecule has 0 fully saturated rings. The Morgan fingerprint density at radius 3 is 2.81 bits per heavy atom. The van der Waals surface area contributed by atoms with Crippen LogP contribution in [0, 0.1) is 11.3 Å². The minimum absolute atomic E-state index is 0.258. The molecule has 0 amide bonds. The number of hydrogen-bond donors (Lipinski definition) is 2. The Balaban J connectivity index is 2.39. The fraction of sp³-hybridized carbons (Fsp3) is 0.0667. The van der Waals surface area contributed by atoms with Crippen LogP contribution < -0.4 is 5.73 Å². The fourth-order valence-electron chi connectivity index (χ4n) is 2.31. The van der Waals surface area contributed by atoms with Gasteiger partial charge in [0.25, 0.3) is 0 Å². The van der Waals surface area contributed by atoms with Crippen LogP contribution in [0.25, 0.3) is 16.7 Å². The molecular formula is C15H11ClN4O. The Morgan fingerprint density at radius 1 is 1.29 bits per heavy atom. The van der Waals surface area contributed by atoms with Crippen molar-refractivity contribution in [3.8, 4) is 11.8 Å². The minimum atomic E-state index is -0.258. The molecule has 0 unspecified atom stereocenters. The summed E-state index contributed by atoms with van der Waals surface area (Å²) in [7, 11) is 0. The average Bonchev–Trinajstić information content (AvgIpc) is 2.84. The SMILES string of the molecule is N#Cc1ccc(Cl)cc1-n1c(CO)nc2cc(N)ccc21. The minimum Gasteiger partial charge on any atom is -0.399 e. The molecule has 0 aliphatic rings. The normalized spacial score (nSPS) is 10.7. The van der Waals surface area contributed by atoms with Crippen LogP contribution in [0.5, 0.6) is 0 Å². The lowest BCUT2D eigenvalue weighted by molar-refractivity contribution is 0.270. The third kappa shape index (κ3) is 2.21. The fourth-order valence-corrected chi connectivity index (χ4v) is 2.47. The number of halogens is 1. The average molecular weight is 299 g/mol. The highest BCUT2D eigenvalue weighted by Crippen LogP contribution is 2.27. The molecule has 0 saturated heterocycles. The molecule has 0 saturated carbocycles. The van der Waals surface area contributed by atoms with E-state index in [1.165, 1.54) is 0 Å². The second-order valence-electron chi connectivity index (χ2n) is 4.54. The third-order valence-corrected chi connectivity index (χ3v) is 3.45. The van der Waals surface area contributed by atoms with E-state index in [1.54, 1.807) is 41.0 Å². The van der Waals surface area contributed by atoms with E-state index in [9.17, 15) is 10.4 Å². The number of benzene rings is 2. The maximum Gasteiger partial charge on any atom is 0.140 e. The van der Waals surface area contributed by atoms with E-state index in [4.69, 9.17) is 17.3 Å². The lowest BCUT2D eigenvalue weighted by Gasteiger charge is -2.10. The van der Waals surface area contributed by atoms with Crippen molar-refractivity contribution in [1.82, 2.24) is 9.55 Å². The van der Waals surface area contributed by atoms with Gasteiger partial charge in [-0.2, -0.15) is 5.26 Å². The largest absolute Gasteiger partial charge is 0.399 e. The number of hydrogen-bond acceptors (Lipinski definition) is 4. The van der Waals surface area contributed by atoms with E-state index < -0.39 is 0 Å². The molecule has 0 aliphatic carbocycles. The van der Waals surface area contributed by atoms with E-state index in [1.807, 2.05) is 0 Å². The molecule has 0 bridgehead atoms. The van der Waals surface area contributed by atoms with Gasteiger partial charge in [-0.1, -0.05) is 11.6 Å². The predicted molar refractivity (Wildman–Crippen MR) is 81.1 cm³/mol. The molecule has 0 atom stereocenters. The number of imidazole rings is 1. The molecule has 5 nitrogen and oxygen atoms in total. The standard InChI is InChI=1S/C15H11ClN4O/c16-10-2-1-9(7-17)14(5-10)20-13-4-3-11(18)6-12(13)19-15(20)8-21/h1-6,21H,8,18H2. The summed E-state index contributed by atoms with van der Waals surface area (Å²) < 4.78 is 1.72. The molecule has 0 radical (unpaired) electrons. The highest BCUT2D eigenvalue weighted by molar-refractivity contribution is 6.30. The zero-order valence-electron chi connectivity index (χ0n) is 10.9. The van der Waals surface area contributed by atoms with Gasteiger partial charge in [-0.05, 0) is 36.4 Å². The van der Waals surface area contributed by atoms with Crippen molar-refractivity contribution in [2.45, 2.75) is 6.61 Å². The number of nitrogen functional groups attached to an aromatic ring is 1. The van der Waals surface area contributed by atoms with Crippen molar-refractivity contribution in [3.05, 3.63) is 52.8 Å². The van der Waals surface area contributed by atoms with E-state index in [0.717, 1.165) is 5.52 Å². The second kappa shape index (κ2) is 5.09. The Bertz CT molecular complexity index is 879. The van der Waals surface area contributed by atoms with Crippen molar-refractivity contribution in [1.29, 1.82) is 5.26 Å². The summed E-state index contributed by atoms with van der Waals surface area (Å²) >= 11 is 6.04. The van der Waals surface area contributed by atoms with Gasteiger partial charge in [-0.25, -0.2) is 4.98 Å². The van der Waals surface area contributed by atoms with Gasteiger partial charge in [0.1, 0.15) is 18.5 Å². The number of nitrogens with two attached hydrogens (primary N) is 1. The molecule has 3 N–H and O–H groups in total. The van der Waals surface area contributed by atoms with Gasteiger partial charge < -0.3 is 10.8 Å². The zero-order chi connectivity index (χ0) is 15.0. The number of fused-ring (bicyclic) bond motifs is 1. The van der Waals surface area contributed by atoms with Gasteiger partial charge in [-0.15, -0.1) is 0 Å². The molecule has 21 heavy (non-hydrogen) atoms. The van der Waals surface area contributed by atoms with E-state index >= 15 is 0 Å². The first-order valence-corrected chi connectivity index (χ1v) is 6.59. The molecule has 0 spiro atoms. The predicted octanol–water partition coefficient (Wildman–Crippen LogP) is 2.63. The Morgan fingerprint density at radius 2 is 2.10 bits per heavy atom. The molecule has 3 rings (SSSR count). The van der Waals surface area contributed by atoms with Crippen molar-refractivity contribution >= 4 is 28.3 Å². The first kappa shape index (κ1) is 13.4. The monoisotopic (exact) mass is 298 g/mol. The zero-order valence-corrected chi connectivity index (χ0v) is 11.7. The number of nitrogens with zero attached hydrogens (tertiary/aromatic N) is 3. The van der Waals surface area contributed by atoms with Crippen LogP contribution >= 0.6 is 11.6 Å². The van der Waals surface area contributed by atoms with Gasteiger partial charge in [0.15, 0.2) is 0 Å². The highest BCUT2D eigenvalue weighted by atomic mass is 35.5. The van der Waals surface area contributed by atoms with Gasteiger partial charge in [0.2, 0.25) is 0 Å². The Labute approximate surface area is 125 Å².